The fourth-order valence-electron chi connectivity index (χ4n) is 3.68. The molecule has 1 atom stereocenters. The van der Waals surface area contributed by atoms with Crippen LogP contribution in [0, 0.1) is 5.82 Å². The fraction of sp³-hybridized carbons (Fsp3) is 0.600. The van der Waals surface area contributed by atoms with E-state index in [1.165, 1.54) is 12.1 Å². The van der Waals surface area contributed by atoms with Crippen molar-refractivity contribution in [1.82, 2.24) is 20.0 Å². The Morgan fingerprint density at radius 2 is 1.85 bits per heavy atom. The van der Waals surface area contributed by atoms with E-state index in [4.69, 9.17) is 0 Å². The van der Waals surface area contributed by atoms with Crippen molar-refractivity contribution >= 4 is 12.1 Å². The molecule has 2 saturated heterocycles. The Kier molecular flexibility index (Phi) is 6.19. The largest absolute Gasteiger partial charge is 0.336 e. The molecule has 0 radical (unpaired) electrons. The highest BCUT2D eigenvalue weighted by Gasteiger charge is 2.36. The number of hydrogen-bond acceptors (Lipinski definition) is 2. The van der Waals surface area contributed by atoms with Crippen molar-refractivity contribution in [2.24, 2.45) is 0 Å². The van der Waals surface area contributed by atoms with Crippen LogP contribution in [0.25, 0.3) is 0 Å². The third-order valence-corrected chi connectivity index (χ3v) is 5.59. The van der Waals surface area contributed by atoms with Gasteiger partial charge in [-0.2, -0.15) is 0 Å². The molecule has 0 aliphatic carbocycles. The van der Waals surface area contributed by atoms with Crippen molar-refractivity contribution in [3.8, 4) is 0 Å². The lowest BCUT2D eigenvalue weighted by Crippen LogP contribution is -2.51. The minimum atomic E-state index is -0.266. The van der Waals surface area contributed by atoms with E-state index in [1.54, 1.807) is 12.1 Å². The number of carbonyl (C=O) groups excluding carboxylic acids is 2. The first-order valence-corrected chi connectivity index (χ1v) is 9.83. The summed E-state index contributed by atoms with van der Waals surface area (Å²) < 4.78 is 13.0. The van der Waals surface area contributed by atoms with Gasteiger partial charge in [-0.15, -0.1) is 0 Å². The maximum atomic E-state index is 13.0. The third kappa shape index (κ3) is 4.70. The van der Waals surface area contributed by atoms with Crippen LogP contribution < -0.4 is 5.32 Å². The summed E-state index contributed by atoms with van der Waals surface area (Å²) >= 11 is 0. The number of benzene rings is 1. The predicted octanol–water partition coefficient (Wildman–Crippen LogP) is 3.04. The Morgan fingerprint density at radius 3 is 2.48 bits per heavy atom. The zero-order valence-electron chi connectivity index (χ0n) is 16.2. The molecule has 0 spiro atoms. The monoisotopic (exact) mass is 376 g/mol. The fourth-order valence-corrected chi connectivity index (χ4v) is 3.68. The maximum Gasteiger partial charge on any atom is 0.320 e. The summed E-state index contributed by atoms with van der Waals surface area (Å²) in [6.07, 6.45) is 2.53. The summed E-state index contributed by atoms with van der Waals surface area (Å²) in [6.45, 7) is 7.31. The van der Waals surface area contributed by atoms with Crippen molar-refractivity contribution < 1.29 is 14.0 Å². The van der Waals surface area contributed by atoms with Gasteiger partial charge in [0.25, 0.3) is 0 Å². The molecule has 4 amide bonds. The van der Waals surface area contributed by atoms with Gasteiger partial charge in [-0.1, -0.05) is 19.1 Å². The molecule has 1 N–H and O–H groups in total. The van der Waals surface area contributed by atoms with Gasteiger partial charge >= 0.3 is 12.1 Å². The lowest BCUT2D eigenvalue weighted by atomic mass is 10.0. The van der Waals surface area contributed by atoms with Crippen molar-refractivity contribution in [3.05, 3.63) is 35.6 Å². The minimum Gasteiger partial charge on any atom is -0.336 e. The molecule has 27 heavy (non-hydrogen) atoms. The Labute approximate surface area is 160 Å². The van der Waals surface area contributed by atoms with Crippen LogP contribution in [0.4, 0.5) is 14.0 Å². The SMILES string of the molecule is CC[C@@H](C)NC(=O)N1CCC(N2CCN(Cc3ccc(F)cc3)C2=O)CC1. The molecular weight excluding hydrogens is 347 g/mol. The molecule has 2 aliphatic heterocycles. The van der Waals surface area contributed by atoms with Crippen LogP contribution in [-0.2, 0) is 6.54 Å². The molecule has 0 aromatic heterocycles. The number of nitrogens with zero attached hydrogens (tertiary/aromatic N) is 3. The Balaban J connectivity index is 1.49. The third-order valence-electron chi connectivity index (χ3n) is 5.59. The second-order valence-electron chi connectivity index (χ2n) is 7.50. The number of carbonyl (C=O) groups is 2. The first-order chi connectivity index (χ1) is 13.0. The van der Waals surface area contributed by atoms with Gasteiger partial charge in [-0.05, 0) is 43.9 Å². The van der Waals surface area contributed by atoms with Crippen molar-refractivity contribution in [2.45, 2.75) is 51.7 Å². The number of nitrogens with one attached hydrogen (secondary N) is 1. The van der Waals surface area contributed by atoms with Gasteiger partial charge in [0.05, 0.1) is 0 Å². The van der Waals surface area contributed by atoms with E-state index in [0.29, 0.717) is 32.7 Å². The van der Waals surface area contributed by atoms with Crippen molar-refractivity contribution in [1.29, 1.82) is 0 Å². The van der Waals surface area contributed by atoms with Crippen LogP contribution in [0.15, 0.2) is 24.3 Å². The van der Waals surface area contributed by atoms with Crippen molar-refractivity contribution in [3.63, 3.8) is 0 Å². The number of hydrogen-bond donors (Lipinski definition) is 1. The van der Waals surface area contributed by atoms with E-state index in [-0.39, 0.29) is 30.0 Å². The minimum absolute atomic E-state index is 0.00603. The van der Waals surface area contributed by atoms with E-state index >= 15 is 0 Å². The molecule has 3 rings (SSSR count). The molecule has 7 heteroatoms. The maximum absolute atomic E-state index is 13.0. The average Bonchev–Trinajstić information content (AvgIpc) is 3.04. The molecular formula is C20H29FN4O2. The van der Waals surface area contributed by atoms with Crippen LogP contribution >= 0.6 is 0 Å². The zero-order chi connectivity index (χ0) is 19.4. The number of likely N-dealkylation sites (tertiary alicyclic amines) is 1. The quantitative estimate of drug-likeness (QED) is 0.859. The average molecular weight is 376 g/mol. The number of urea groups is 2. The van der Waals surface area contributed by atoms with E-state index in [9.17, 15) is 14.0 Å². The normalized spacial score (nSPS) is 19.5. The van der Waals surface area contributed by atoms with Crippen LogP contribution in [0.2, 0.25) is 0 Å². The highest BCUT2D eigenvalue weighted by atomic mass is 19.1. The van der Waals surface area contributed by atoms with E-state index in [0.717, 1.165) is 24.8 Å². The highest BCUT2D eigenvalue weighted by molar-refractivity contribution is 5.77. The second kappa shape index (κ2) is 8.59. The molecule has 2 heterocycles. The first kappa shape index (κ1) is 19.5. The molecule has 0 unspecified atom stereocenters. The summed E-state index contributed by atoms with van der Waals surface area (Å²) in [5.41, 5.74) is 0.933. The second-order valence-corrected chi connectivity index (χ2v) is 7.50. The van der Waals surface area contributed by atoms with Gasteiger partial charge in [-0.25, -0.2) is 14.0 Å². The number of piperidine rings is 1. The van der Waals surface area contributed by atoms with E-state index in [2.05, 4.69) is 5.32 Å². The molecule has 148 valence electrons. The van der Waals surface area contributed by atoms with Gasteiger partial charge in [0, 0.05) is 44.8 Å². The molecule has 0 saturated carbocycles. The van der Waals surface area contributed by atoms with Crippen molar-refractivity contribution in [2.75, 3.05) is 26.2 Å². The molecule has 1 aromatic carbocycles. The first-order valence-electron chi connectivity index (χ1n) is 9.83. The van der Waals surface area contributed by atoms with Crippen LogP contribution in [0.5, 0.6) is 0 Å². The smallest absolute Gasteiger partial charge is 0.320 e. The lowest BCUT2D eigenvalue weighted by Gasteiger charge is -2.36. The zero-order valence-corrected chi connectivity index (χ0v) is 16.2. The topological polar surface area (TPSA) is 55.9 Å². The van der Waals surface area contributed by atoms with Gasteiger partial charge in [0.2, 0.25) is 0 Å². The van der Waals surface area contributed by atoms with Crippen LogP contribution in [0.3, 0.4) is 0 Å². The van der Waals surface area contributed by atoms with E-state index in [1.807, 2.05) is 28.5 Å². The molecule has 0 bridgehead atoms. The van der Waals surface area contributed by atoms with Crippen LogP contribution in [0.1, 0.15) is 38.7 Å². The Hall–Kier alpha value is -2.31. The van der Waals surface area contributed by atoms with Gasteiger partial charge in [0.15, 0.2) is 0 Å². The lowest BCUT2D eigenvalue weighted by molar-refractivity contribution is 0.133. The summed E-state index contributed by atoms with van der Waals surface area (Å²) in [5, 5.41) is 3.00. The summed E-state index contributed by atoms with van der Waals surface area (Å²) in [4.78, 5) is 30.6. The number of amides is 4. The van der Waals surface area contributed by atoms with Gasteiger partial charge in [-0.3, -0.25) is 0 Å². The summed E-state index contributed by atoms with van der Waals surface area (Å²) in [5.74, 6) is -0.266. The van der Waals surface area contributed by atoms with Gasteiger partial charge < -0.3 is 20.0 Å². The molecule has 6 nitrogen and oxygen atoms in total. The Morgan fingerprint density at radius 1 is 1.19 bits per heavy atom. The molecule has 2 aliphatic rings. The number of halogens is 1. The van der Waals surface area contributed by atoms with Crippen LogP contribution in [-0.4, -0.2) is 65.0 Å². The molecule has 2 fully saturated rings. The predicted molar refractivity (Wildman–Crippen MR) is 102 cm³/mol. The Bertz CT molecular complexity index is 658. The highest BCUT2D eigenvalue weighted by Crippen LogP contribution is 2.23. The molecule has 1 aromatic rings. The standard InChI is InChI=1S/C20H29FN4O2/c1-3-15(2)22-19(26)23-10-8-18(9-11-23)25-13-12-24(20(25)27)14-16-4-6-17(21)7-5-16/h4-7,15,18H,3,8-14H2,1-2H3,(H,22,26)/t15-/m1/s1. The van der Waals surface area contributed by atoms with E-state index < -0.39 is 0 Å². The summed E-state index contributed by atoms with van der Waals surface area (Å²) in [7, 11) is 0. The number of rotatable bonds is 5. The summed E-state index contributed by atoms with van der Waals surface area (Å²) in [6, 6.07) is 6.69. The van der Waals surface area contributed by atoms with Gasteiger partial charge in [0.1, 0.15) is 5.82 Å².